The fraction of sp³-hybridized carbons (Fsp3) is 0.276. The summed E-state index contributed by atoms with van der Waals surface area (Å²) in [6, 6.07) is 15.5. The number of nitrogens with one attached hydrogen (secondary N) is 2. The smallest absolute Gasteiger partial charge is 0.550 e. The summed E-state index contributed by atoms with van der Waals surface area (Å²) in [5.74, 6) is -1.05. The van der Waals surface area contributed by atoms with Crippen LogP contribution in [0.3, 0.4) is 0 Å². The summed E-state index contributed by atoms with van der Waals surface area (Å²) in [5.41, 5.74) is 10.6. The van der Waals surface area contributed by atoms with Crippen molar-refractivity contribution in [3.05, 3.63) is 88.0 Å². The Hall–Kier alpha value is -3.57. The third-order valence-corrected chi connectivity index (χ3v) is 5.92. The molecule has 3 aromatic rings. The van der Waals surface area contributed by atoms with E-state index in [0.717, 1.165) is 11.1 Å². The first kappa shape index (κ1) is 32.6. The number of oxime groups is 1. The maximum Gasteiger partial charge on any atom is 1.00 e. The monoisotopic (exact) mass is 556 g/mol. The molecule has 6 N–H and O–H groups in total. The third-order valence-electron chi connectivity index (χ3n) is 5.92. The largest absolute Gasteiger partial charge is 1.00 e. The van der Waals surface area contributed by atoms with Gasteiger partial charge in [-0.25, -0.2) is 0 Å². The predicted molar refractivity (Wildman–Crippen MR) is 147 cm³/mol. The molecule has 0 radical (unpaired) electrons. The van der Waals surface area contributed by atoms with Gasteiger partial charge in [-0.1, -0.05) is 22.9 Å². The number of amidine groups is 1. The molecule has 3 rings (SSSR count). The third kappa shape index (κ3) is 8.99. The van der Waals surface area contributed by atoms with Crippen LogP contribution in [0.25, 0.3) is 0 Å². The molecule has 3 aromatic carbocycles. The van der Waals surface area contributed by atoms with E-state index in [9.17, 15) is 19.8 Å². The molecule has 0 aromatic heterocycles. The van der Waals surface area contributed by atoms with Gasteiger partial charge in [0.25, 0.3) is 5.91 Å². The zero-order valence-electron chi connectivity index (χ0n) is 23.2. The van der Waals surface area contributed by atoms with E-state index >= 15 is 0 Å². The molecule has 0 aliphatic heterocycles. The number of aliphatic hydroxyl groups excluding tert-OH is 1. The van der Waals surface area contributed by atoms with Crippen LogP contribution in [-0.2, 0) is 24.4 Å². The summed E-state index contributed by atoms with van der Waals surface area (Å²) in [5, 5.41) is 39.0. The SMILES string of the molecule is Cc1ccc(NCc2cc(CO)cc(OC(C)C)c2CCC(=O)[O-])c(C(=O)Nc2ccc(C(N)=NO)cc2)c1.[Na+]. The van der Waals surface area contributed by atoms with Crippen LogP contribution in [0.5, 0.6) is 5.75 Å². The molecule has 10 nitrogen and oxygen atoms in total. The Morgan fingerprint density at radius 2 is 1.80 bits per heavy atom. The van der Waals surface area contributed by atoms with E-state index in [1.807, 2.05) is 26.8 Å². The number of hydrogen-bond donors (Lipinski definition) is 5. The van der Waals surface area contributed by atoms with Crippen LogP contribution in [0.15, 0.2) is 59.8 Å². The zero-order chi connectivity index (χ0) is 28.5. The molecule has 0 atom stereocenters. The van der Waals surface area contributed by atoms with Gasteiger partial charge in [0.05, 0.1) is 18.3 Å². The van der Waals surface area contributed by atoms with Gasteiger partial charge in [0, 0.05) is 29.5 Å². The average Bonchev–Trinajstić information content (AvgIpc) is 2.90. The Morgan fingerprint density at radius 1 is 1.10 bits per heavy atom. The number of aryl methyl sites for hydroxylation is 1. The molecule has 1 amide bonds. The first-order valence-electron chi connectivity index (χ1n) is 12.5. The van der Waals surface area contributed by atoms with E-state index in [-0.39, 0.29) is 73.4 Å². The number of carbonyl (C=O) groups is 2. The van der Waals surface area contributed by atoms with Crippen molar-refractivity contribution >= 4 is 29.1 Å². The maximum absolute atomic E-state index is 13.2. The number of rotatable bonds is 12. The van der Waals surface area contributed by atoms with E-state index in [1.54, 1.807) is 48.5 Å². The number of carboxylic acid groups (broad SMARTS) is 1. The minimum atomic E-state index is -1.17. The van der Waals surface area contributed by atoms with Crippen LogP contribution >= 0.6 is 0 Å². The Labute approximate surface area is 255 Å². The normalized spacial score (nSPS) is 11.1. The fourth-order valence-electron chi connectivity index (χ4n) is 4.06. The number of ether oxygens (including phenoxy) is 1. The second kappa shape index (κ2) is 15.3. The van der Waals surface area contributed by atoms with Crippen molar-refractivity contribution in [2.75, 3.05) is 10.6 Å². The van der Waals surface area contributed by atoms with E-state index < -0.39 is 5.97 Å². The van der Waals surface area contributed by atoms with Gasteiger partial charge in [-0.15, -0.1) is 0 Å². The molecule has 0 aliphatic rings. The van der Waals surface area contributed by atoms with Gasteiger partial charge in [-0.05, 0) is 92.8 Å². The molecular weight excluding hydrogens is 523 g/mol. The minimum absolute atomic E-state index is 0. The van der Waals surface area contributed by atoms with Gasteiger partial charge in [0.2, 0.25) is 0 Å². The van der Waals surface area contributed by atoms with Gasteiger partial charge < -0.3 is 41.3 Å². The number of anilines is 2. The standard InChI is InChI=1S/C29H34N4O6.Na/c1-17(2)39-26-14-19(16-34)13-21(23(26)9-11-27(35)36)15-31-25-10-4-18(3)12-24(25)29(37)32-22-7-5-20(6-8-22)28(30)33-38;/h4-8,10,12-14,17,31,34,38H,9,11,15-16H2,1-3H3,(H2,30,33)(H,32,37)(H,35,36);/q;+1/p-1. The molecule has 0 unspecified atom stereocenters. The van der Waals surface area contributed by atoms with Gasteiger partial charge in [0.1, 0.15) is 5.75 Å². The van der Waals surface area contributed by atoms with Gasteiger partial charge in [-0.2, -0.15) is 0 Å². The zero-order valence-corrected chi connectivity index (χ0v) is 25.2. The quantitative estimate of drug-likeness (QED) is 0.0678. The molecule has 0 saturated heterocycles. The van der Waals surface area contributed by atoms with E-state index in [1.165, 1.54) is 0 Å². The van der Waals surface area contributed by atoms with Crippen molar-refractivity contribution in [2.24, 2.45) is 10.9 Å². The van der Waals surface area contributed by atoms with Crippen LogP contribution in [0, 0.1) is 6.92 Å². The summed E-state index contributed by atoms with van der Waals surface area (Å²) >= 11 is 0. The first-order valence-corrected chi connectivity index (χ1v) is 12.5. The number of benzene rings is 3. The Balaban J connectivity index is 0.00000560. The van der Waals surface area contributed by atoms with Crippen LogP contribution in [0.1, 0.15) is 58.4 Å². The summed E-state index contributed by atoms with van der Waals surface area (Å²) in [4.78, 5) is 24.4. The van der Waals surface area contributed by atoms with Crippen molar-refractivity contribution in [1.82, 2.24) is 0 Å². The van der Waals surface area contributed by atoms with Crippen LogP contribution < -0.4 is 55.8 Å². The molecule has 0 fully saturated rings. The fourth-order valence-corrected chi connectivity index (χ4v) is 4.06. The summed E-state index contributed by atoms with van der Waals surface area (Å²) in [6.07, 6.45) is -0.155. The van der Waals surface area contributed by atoms with E-state index in [0.29, 0.717) is 39.4 Å². The molecule has 0 spiro atoms. The van der Waals surface area contributed by atoms with Crippen molar-refractivity contribution < 1.29 is 59.3 Å². The summed E-state index contributed by atoms with van der Waals surface area (Å²) in [7, 11) is 0. The number of amides is 1. The topological polar surface area (TPSA) is 169 Å². The Bertz CT molecular complexity index is 1360. The van der Waals surface area contributed by atoms with Crippen LogP contribution in [-0.4, -0.2) is 34.1 Å². The summed E-state index contributed by atoms with van der Waals surface area (Å²) < 4.78 is 5.94. The first-order chi connectivity index (χ1) is 18.6. The number of nitrogens with zero attached hydrogens (tertiary/aromatic N) is 1. The molecule has 0 bridgehead atoms. The molecule has 11 heteroatoms. The second-order valence-corrected chi connectivity index (χ2v) is 9.35. The van der Waals surface area contributed by atoms with Crippen molar-refractivity contribution in [2.45, 2.75) is 52.9 Å². The molecule has 40 heavy (non-hydrogen) atoms. The summed E-state index contributed by atoms with van der Waals surface area (Å²) in [6.45, 7) is 5.65. The predicted octanol–water partition coefficient (Wildman–Crippen LogP) is -0.0801. The molecule has 0 heterocycles. The number of carbonyl (C=O) groups excluding carboxylic acids is 2. The number of nitrogens with two attached hydrogens (primary N) is 1. The van der Waals surface area contributed by atoms with E-state index in [2.05, 4.69) is 15.8 Å². The van der Waals surface area contributed by atoms with Crippen LogP contribution in [0.4, 0.5) is 11.4 Å². The van der Waals surface area contributed by atoms with Crippen molar-refractivity contribution in [3.63, 3.8) is 0 Å². The Morgan fingerprint density at radius 3 is 2.40 bits per heavy atom. The Kier molecular flexibility index (Phi) is 12.5. The number of aliphatic hydroxyl groups is 1. The van der Waals surface area contributed by atoms with Gasteiger partial charge in [0.15, 0.2) is 5.84 Å². The molecule has 0 saturated carbocycles. The van der Waals surface area contributed by atoms with E-state index in [4.69, 9.17) is 15.7 Å². The van der Waals surface area contributed by atoms with Gasteiger partial charge >= 0.3 is 29.6 Å². The number of hydrogen-bond acceptors (Lipinski definition) is 8. The maximum atomic E-state index is 13.2. The molecule has 0 aliphatic carbocycles. The molecular formula is C29H33N4NaO6. The second-order valence-electron chi connectivity index (χ2n) is 9.35. The average molecular weight is 557 g/mol. The number of aliphatic carboxylic acids is 1. The van der Waals surface area contributed by atoms with Crippen molar-refractivity contribution in [3.8, 4) is 5.75 Å². The molecule has 206 valence electrons. The minimum Gasteiger partial charge on any atom is -0.550 e. The van der Waals surface area contributed by atoms with Crippen LogP contribution in [0.2, 0.25) is 0 Å². The van der Waals surface area contributed by atoms with Gasteiger partial charge in [-0.3, -0.25) is 4.79 Å². The number of carboxylic acids is 1. The van der Waals surface area contributed by atoms with Crippen molar-refractivity contribution in [1.29, 1.82) is 0 Å².